The van der Waals surface area contributed by atoms with Gasteiger partial charge < -0.3 is 9.26 Å². The number of aromatic nitrogens is 2. The summed E-state index contributed by atoms with van der Waals surface area (Å²) in [6.07, 6.45) is 5.48. The summed E-state index contributed by atoms with van der Waals surface area (Å²) >= 11 is 0. The van der Waals surface area contributed by atoms with E-state index in [4.69, 9.17) is 9.26 Å². The molecular weight excluding hydrogens is 323 g/mol. The standard InChI is InChI=1S/C19H21FN2O3/c1-11-2-4-14(8-16(11)20)19-21-17(25-22-19)10-24-18(23)9-15-7-12-3-5-13(15)6-12/h2,4,8,12-13,15H,3,5-7,9-10H2,1H3. The first-order chi connectivity index (χ1) is 12.1. The second kappa shape index (κ2) is 6.58. The number of aryl methyl sites for hydroxylation is 1. The smallest absolute Gasteiger partial charge is 0.306 e. The van der Waals surface area contributed by atoms with Crippen molar-refractivity contribution in [3.8, 4) is 11.4 Å². The van der Waals surface area contributed by atoms with E-state index in [1.54, 1.807) is 19.1 Å². The largest absolute Gasteiger partial charge is 0.456 e. The van der Waals surface area contributed by atoms with Crippen molar-refractivity contribution in [3.05, 3.63) is 35.5 Å². The van der Waals surface area contributed by atoms with Crippen molar-refractivity contribution in [1.82, 2.24) is 10.1 Å². The highest BCUT2D eigenvalue weighted by Gasteiger charge is 2.40. The molecule has 0 saturated heterocycles. The van der Waals surface area contributed by atoms with Crippen LogP contribution in [0.1, 0.15) is 43.6 Å². The Morgan fingerprint density at radius 1 is 1.36 bits per heavy atom. The van der Waals surface area contributed by atoms with Gasteiger partial charge in [-0.05, 0) is 55.6 Å². The Balaban J connectivity index is 1.32. The number of nitrogens with zero attached hydrogens (tertiary/aromatic N) is 2. The zero-order valence-corrected chi connectivity index (χ0v) is 14.2. The molecule has 3 atom stereocenters. The van der Waals surface area contributed by atoms with E-state index in [-0.39, 0.29) is 30.1 Å². The molecule has 0 spiro atoms. The van der Waals surface area contributed by atoms with Gasteiger partial charge in [0.2, 0.25) is 5.82 Å². The number of ether oxygens (including phenoxy) is 1. The first-order valence-electron chi connectivity index (χ1n) is 8.83. The Kier molecular flexibility index (Phi) is 4.27. The maximum atomic E-state index is 13.6. The molecule has 3 unspecified atom stereocenters. The Labute approximate surface area is 145 Å². The van der Waals surface area contributed by atoms with Crippen LogP contribution in [0.3, 0.4) is 0 Å². The minimum Gasteiger partial charge on any atom is -0.456 e. The van der Waals surface area contributed by atoms with Crippen molar-refractivity contribution in [2.45, 2.75) is 45.6 Å². The first-order valence-corrected chi connectivity index (χ1v) is 8.83. The Bertz CT molecular complexity index is 789. The number of hydrogen-bond acceptors (Lipinski definition) is 5. The molecule has 0 amide bonds. The van der Waals surface area contributed by atoms with E-state index in [0.717, 1.165) is 12.3 Å². The monoisotopic (exact) mass is 344 g/mol. The van der Waals surface area contributed by atoms with Crippen LogP contribution in [-0.2, 0) is 16.1 Å². The van der Waals surface area contributed by atoms with Gasteiger partial charge in [0.1, 0.15) is 5.82 Å². The van der Waals surface area contributed by atoms with Crippen molar-refractivity contribution >= 4 is 5.97 Å². The number of carbonyl (C=O) groups is 1. The molecule has 1 heterocycles. The van der Waals surface area contributed by atoms with Gasteiger partial charge in [-0.25, -0.2) is 4.39 Å². The summed E-state index contributed by atoms with van der Waals surface area (Å²) < 4.78 is 24.0. The molecule has 132 valence electrons. The highest BCUT2D eigenvalue weighted by Crippen LogP contribution is 2.49. The second-order valence-electron chi connectivity index (χ2n) is 7.28. The summed E-state index contributed by atoms with van der Waals surface area (Å²) in [4.78, 5) is 16.2. The second-order valence-corrected chi connectivity index (χ2v) is 7.28. The van der Waals surface area contributed by atoms with Crippen molar-refractivity contribution < 1.29 is 18.4 Å². The minimum atomic E-state index is -0.318. The highest BCUT2D eigenvalue weighted by atomic mass is 19.1. The summed E-state index contributed by atoms with van der Waals surface area (Å²) in [6.45, 7) is 1.65. The molecule has 0 aliphatic heterocycles. The van der Waals surface area contributed by atoms with Crippen LogP contribution in [0, 0.1) is 30.5 Å². The van der Waals surface area contributed by atoms with Crippen LogP contribution in [0.25, 0.3) is 11.4 Å². The molecule has 25 heavy (non-hydrogen) atoms. The van der Waals surface area contributed by atoms with Crippen molar-refractivity contribution in [2.75, 3.05) is 0 Å². The average Bonchev–Trinajstić information content (AvgIpc) is 3.32. The van der Waals surface area contributed by atoms with Crippen LogP contribution in [0.4, 0.5) is 4.39 Å². The van der Waals surface area contributed by atoms with Crippen molar-refractivity contribution in [1.29, 1.82) is 0 Å². The molecule has 2 fully saturated rings. The maximum Gasteiger partial charge on any atom is 0.306 e. The molecule has 2 aliphatic carbocycles. The summed E-state index contributed by atoms with van der Waals surface area (Å²) in [7, 11) is 0. The van der Waals surface area contributed by atoms with Gasteiger partial charge in [0.15, 0.2) is 6.61 Å². The molecule has 2 aromatic rings. The number of hydrogen-bond donors (Lipinski definition) is 0. The van der Waals surface area contributed by atoms with Crippen LogP contribution in [-0.4, -0.2) is 16.1 Å². The Morgan fingerprint density at radius 2 is 2.24 bits per heavy atom. The summed E-state index contributed by atoms with van der Waals surface area (Å²) in [5, 5.41) is 3.83. The average molecular weight is 344 g/mol. The van der Waals surface area contributed by atoms with E-state index in [0.29, 0.717) is 29.4 Å². The van der Waals surface area contributed by atoms with Crippen LogP contribution in [0.5, 0.6) is 0 Å². The number of fused-ring (bicyclic) bond motifs is 2. The number of carbonyl (C=O) groups excluding carboxylic acids is 1. The lowest BCUT2D eigenvalue weighted by molar-refractivity contribution is -0.147. The van der Waals surface area contributed by atoms with E-state index in [1.807, 2.05) is 0 Å². The third-order valence-corrected chi connectivity index (χ3v) is 5.57. The molecular formula is C19H21FN2O3. The number of benzene rings is 1. The van der Waals surface area contributed by atoms with Crippen LogP contribution < -0.4 is 0 Å². The van der Waals surface area contributed by atoms with Gasteiger partial charge in [0.05, 0.1) is 0 Å². The van der Waals surface area contributed by atoms with Gasteiger partial charge in [0, 0.05) is 12.0 Å². The third-order valence-electron chi connectivity index (χ3n) is 5.57. The molecule has 0 N–H and O–H groups in total. The molecule has 6 heteroatoms. The minimum absolute atomic E-state index is 0.0407. The van der Waals surface area contributed by atoms with E-state index < -0.39 is 0 Å². The number of rotatable bonds is 5. The normalized spacial score (nSPS) is 24.6. The molecule has 5 nitrogen and oxygen atoms in total. The summed E-state index contributed by atoms with van der Waals surface area (Å²) in [5.41, 5.74) is 1.09. The molecule has 0 radical (unpaired) electrons. The van der Waals surface area contributed by atoms with E-state index in [2.05, 4.69) is 10.1 Å². The van der Waals surface area contributed by atoms with Gasteiger partial charge in [-0.15, -0.1) is 0 Å². The topological polar surface area (TPSA) is 65.2 Å². The molecule has 1 aromatic carbocycles. The van der Waals surface area contributed by atoms with Gasteiger partial charge in [-0.2, -0.15) is 4.98 Å². The third kappa shape index (κ3) is 3.43. The summed E-state index contributed by atoms with van der Waals surface area (Å²) in [6, 6.07) is 4.76. The van der Waals surface area contributed by atoms with Crippen LogP contribution >= 0.6 is 0 Å². The molecule has 1 aromatic heterocycles. The summed E-state index contributed by atoms with van der Waals surface area (Å²) in [5.74, 6) is 1.97. The van der Waals surface area contributed by atoms with E-state index >= 15 is 0 Å². The fourth-order valence-electron chi connectivity index (χ4n) is 4.20. The Hall–Kier alpha value is -2.24. The van der Waals surface area contributed by atoms with E-state index in [1.165, 1.54) is 25.3 Å². The van der Waals surface area contributed by atoms with E-state index in [9.17, 15) is 9.18 Å². The van der Waals surface area contributed by atoms with Gasteiger partial charge in [-0.3, -0.25) is 4.79 Å². The number of halogens is 1. The highest BCUT2D eigenvalue weighted by molar-refractivity contribution is 5.69. The van der Waals surface area contributed by atoms with Crippen LogP contribution in [0.2, 0.25) is 0 Å². The quantitative estimate of drug-likeness (QED) is 0.766. The van der Waals surface area contributed by atoms with Gasteiger partial charge in [0.25, 0.3) is 5.89 Å². The molecule has 2 bridgehead atoms. The fraction of sp³-hybridized carbons (Fsp3) is 0.526. The van der Waals surface area contributed by atoms with Crippen LogP contribution in [0.15, 0.2) is 22.7 Å². The predicted octanol–water partition coefficient (Wildman–Crippen LogP) is 4.05. The lowest BCUT2D eigenvalue weighted by Crippen LogP contribution is -2.17. The molecule has 2 aliphatic rings. The lowest BCUT2D eigenvalue weighted by atomic mass is 9.86. The SMILES string of the molecule is Cc1ccc(-c2noc(COC(=O)CC3CC4CCC3C4)n2)cc1F. The lowest BCUT2D eigenvalue weighted by Gasteiger charge is -2.20. The maximum absolute atomic E-state index is 13.6. The Morgan fingerprint density at radius 3 is 2.96 bits per heavy atom. The zero-order valence-electron chi connectivity index (χ0n) is 14.2. The fourth-order valence-corrected chi connectivity index (χ4v) is 4.20. The van der Waals surface area contributed by atoms with Gasteiger partial charge in [-0.1, -0.05) is 23.7 Å². The van der Waals surface area contributed by atoms with Gasteiger partial charge >= 0.3 is 5.97 Å². The van der Waals surface area contributed by atoms with Crippen molar-refractivity contribution in [3.63, 3.8) is 0 Å². The molecule has 4 rings (SSSR count). The predicted molar refractivity (Wildman–Crippen MR) is 87.8 cm³/mol. The number of esters is 1. The first kappa shape index (κ1) is 16.2. The zero-order chi connectivity index (χ0) is 17.4. The van der Waals surface area contributed by atoms with Crippen molar-refractivity contribution in [2.24, 2.45) is 17.8 Å². The molecule has 2 saturated carbocycles.